The second-order valence-corrected chi connectivity index (χ2v) is 4.27. The third-order valence-electron chi connectivity index (χ3n) is 2.86. The van der Waals surface area contributed by atoms with Crippen molar-refractivity contribution in [3.63, 3.8) is 0 Å². The predicted molar refractivity (Wildman–Crippen MR) is 58.0 cm³/mol. The van der Waals surface area contributed by atoms with E-state index in [2.05, 4.69) is 0 Å². The molecule has 5 heteroatoms. The summed E-state index contributed by atoms with van der Waals surface area (Å²) in [4.78, 5) is 24.1. The molecule has 0 aromatic rings. The number of aliphatic carboxylic acids is 1. The Balaban J connectivity index is 2.39. The van der Waals surface area contributed by atoms with E-state index in [1.165, 1.54) is 0 Å². The van der Waals surface area contributed by atoms with E-state index in [-0.39, 0.29) is 18.4 Å². The molecule has 1 rings (SSSR count). The highest BCUT2D eigenvalue weighted by Gasteiger charge is 2.36. The Morgan fingerprint density at radius 1 is 1.44 bits per heavy atom. The Labute approximate surface area is 95.4 Å². The van der Waals surface area contributed by atoms with Crippen LogP contribution in [0.2, 0.25) is 0 Å². The fraction of sp³-hybridized carbons (Fsp3) is 0.818. The normalized spacial score (nSPS) is 24.8. The van der Waals surface area contributed by atoms with Crippen LogP contribution in [-0.2, 0) is 14.3 Å². The molecule has 1 amide bonds. The van der Waals surface area contributed by atoms with Gasteiger partial charge in [-0.05, 0) is 12.3 Å². The molecule has 5 nitrogen and oxygen atoms in total. The summed E-state index contributed by atoms with van der Waals surface area (Å²) in [5.41, 5.74) is 0. The smallest absolute Gasteiger partial charge is 0.308 e. The van der Waals surface area contributed by atoms with Gasteiger partial charge in [0.2, 0.25) is 5.91 Å². The molecule has 92 valence electrons. The Morgan fingerprint density at radius 2 is 2.12 bits per heavy atom. The van der Waals surface area contributed by atoms with E-state index < -0.39 is 11.9 Å². The predicted octanol–water partition coefficient (Wildman–Crippen LogP) is 0.592. The van der Waals surface area contributed by atoms with Crippen LogP contribution in [0.15, 0.2) is 0 Å². The second kappa shape index (κ2) is 5.84. The third kappa shape index (κ3) is 3.20. The van der Waals surface area contributed by atoms with Crippen molar-refractivity contribution in [1.82, 2.24) is 4.90 Å². The molecule has 1 aliphatic rings. The minimum Gasteiger partial charge on any atom is -0.481 e. The van der Waals surface area contributed by atoms with Crippen molar-refractivity contribution < 1.29 is 19.4 Å². The van der Waals surface area contributed by atoms with E-state index in [0.29, 0.717) is 19.7 Å². The number of rotatable bonds is 5. The first kappa shape index (κ1) is 13.0. The summed E-state index contributed by atoms with van der Waals surface area (Å²) in [7, 11) is 0. The average molecular weight is 229 g/mol. The molecule has 2 unspecified atom stereocenters. The highest BCUT2D eigenvalue weighted by atomic mass is 16.5. The molecule has 0 spiro atoms. The standard InChI is InChI=1S/C11H19NO4/c1-3-4-16-7-10(13)12-5-8(2)9(6-12)11(14)15/h8-9H,3-7H2,1-2H3,(H,14,15). The fourth-order valence-corrected chi connectivity index (χ4v) is 1.89. The van der Waals surface area contributed by atoms with E-state index in [1.807, 2.05) is 13.8 Å². The SMILES string of the molecule is CCCOCC(=O)N1CC(C)C(C(=O)O)C1. The summed E-state index contributed by atoms with van der Waals surface area (Å²) >= 11 is 0. The molecular weight excluding hydrogens is 210 g/mol. The maximum Gasteiger partial charge on any atom is 0.308 e. The lowest BCUT2D eigenvalue weighted by molar-refractivity contribution is -0.142. The van der Waals surface area contributed by atoms with E-state index in [9.17, 15) is 9.59 Å². The zero-order chi connectivity index (χ0) is 12.1. The van der Waals surface area contributed by atoms with Crippen molar-refractivity contribution in [3.8, 4) is 0 Å². The fourth-order valence-electron chi connectivity index (χ4n) is 1.89. The van der Waals surface area contributed by atoms with Crippen LogP contribution >= 0.6 is 0 Å². The van der Waals surface area contributed by atoms with Gasteiger partial charge >= 0.3 is 5.97 Å². The molecule has 1 aliphatic heterocycles. The third-order valence-corrected chi connectivity index (χ3v) is 2.86. The number of amides is 1. The van der Waals surface area contributed by atoms with Crippen LogP contribution in [0, 0.1) is 11.8 Å². The van der Waals surface area contributed by atoms with Gasteiger partial charge in [0.25, 0.3) is 0 Å². The van der Waals surface area contributed by atoms with E-state index in [1.54, 1.807) is 4.90 Å². The van der Waals surface area contributed by atoms with E-state index >= 15 is 0 Å². The zero-order valence-corrected chi connectivity index (χ0v) is 9.81. The number of carbonyl (C=O) groups is 2. The van der Waals surface area contributed by atoms with Gasteiger partial charge in [0.15, 0.2) is 0 Å². The van der Waals surface area contributed by atoms with Crippen LogP contribution < -0.4 is 0 Å². The van der Waals surface area contributed by atoms with Gasteiger partial charge in [-0.1, -0.05) is 13.8 Å². The number of hydrogen-bond acceptors (Lipinski definition) is 3. The lowest BCUT2D eigenvalue weighted by Gasteiger charge is -2.15. The molecule has 0 bridgehead atoms. The van der Waals surface area contributed by atoms with Crippen molar-refractivity contribution in [1.29, 1.82) is 0 Å². The maximum absolute atomic E-state index is 11.6. The first-order chi connectivity index (χ1) is 7.56. The average Bonchev–Trinajstić information content (AvgIpc) is 2.60. The van der Waals surface area contributed by atoms with Gasteiger partial charge in [-0.3, -0.25) is 9.59 Å². The first-order valence-electron chi connectivity index (χ1n) is 5.64. The minimum atomic E-state index is -0.822. The summed E-state index contributed by atoms with van der Waals surface area (Å²) < 4.78 is 5.15. The van der Waals surface area contributed by atoms with Gasteiger partial charge in [-0.15, -0.1) is 0 Å². The Kier molecular flexibility index (Phi) is 4.73. The van der Waals surface area contributed by atoms with E-state index in [0.717, 1.165) is 6.42 Å². The molecule has 1 N–H and O–H groups in total. The molecule has 2 atom stereocenters. The molecule has 0 aliphatic carbocycles. The lowest BCUT2D eigenvalue weighted by atomic mass is 9.99. The molecule has 0 saturated carbocycles. The van der Waals surface area contributed by atoms with Crippen LogP contribution in [-0.4, -0.2) is 48.2 Å². The van der Waals surface area contributed by atoms with Crippen molar-refractivity contribution in [2.24, 2.45) is 11.8 Å². The summed E-state index contributed by atoms with van der Waals surface area (Å²) in [6.07, 6.45) is 0.876. The summed E-state index contributed by atoms with van der Waals surface area (Å²) in [6.45, 7) is 5.29. The number of carbonyl (C=O) groups excluding carboxylic acids is 1. The number of ether oxygens (including phenoxy) is 1. The molecule has 0 aromatic heterocycles. The quantitative estimate of drug-likeness (QED) is 0.701. The summed E-state index contributed by atoms with van der Waals surface area (Å²) in [6, 6.07) is 0. The van der Waals surface area contributed by atoms with Gasteiger partial charge in [-0.2, -0.15) is 0 Å². The van der Waals surface area contributed by atoms with Crippen LogP contribution in [0.4, 0.5) is 0 Å². The van der Waals surface area contributed by atoms with Gasteiger partial charge in [0.1, 0.15) is 6.61 Å². The molecular formula is C11H19NO4. The molecule has 1 heterocycles. The van der Waals surface area contributed by atoms with Crippen LogP contribution in [0.25, 0.3) is 0 Å². The first-order valence-corrected chi connectivity index (χ1v) is 5.64. The molecule has 0 aromatic carbocycles. The second-order valence-electron chi connectivity index (χ2n) is 4.27. The molecule has 1 saturated heterocycles. The Bertz CT molecular complexity index is 267. The Hall–Kier alpha value is -1.10. The van der Waals surface area contributed by atoms with Crippen molar-refractivity contribution in [3.05, 3.63) is 0 Å². The van der Waals surface area contributed by atoms with Crippen LogP contribution in [0.5, 0.6) is 0 Å². The van der Waals surface area contributed by atoms with Crippen molar-refractivity contribution in [2.75, 3.05) is 26.3 Å². The topological polar surface area (TPSA) is 66.8 Å². The van der Waals surface area contributed by atoms with Gasteiger partial charge < -0.3 is 14.7 Å². The minimum absolute atomic E-state index is 0.0209. The van der Waals surface area contributed by atoms with Gasteiger partial charge in [-0.25, -0.2) is 0 Å². The number of likely N-dealkylation sites (tertiary alicyclic amines) is 1. The monoisotopic (exact) mass is 229 g/mol. The highest BCUT2D eigenvalue weighted by Crippen LogP contribution is 2.23. The van der Waals surface area contributed by atoms with Gasteiger partial charge in [0.05, 0.1) is 5.92 Å². The number of nitrogens with zero attached hydrogens (tertiary/aromatic N) is 1. The molecule has 1 fully saturated rings. The maximum atomic E-state index is 11.6. The Morgan fingerprint density at radius 3 is 2.62 bits per heavy atom. The van der Waals surface area contributed by atoms with Crippen LogP contribution in [0.1, 0.15) is 20.3 Å². The summed E-state index contributed by atoms with van der Waals surface area (Å²) in [5.74, 6) is -1.34. The highest BCUT2D eigenvalue weighted by molar-refractivity contribution is 5.79. The largest absolute Gasteiger partial charge is 0.481 e. The van der Waals surface area contributed by atoms with Crippen molar-refractivity contribution in [2.45, 2.75) is 20.3 Å². The van der Waals surface area contributed by atoms with Crippen molar-refractivity contribution >= 4 is 11.9 Å². The van der Waals surface area contributed by atoms with E-state index in [4.69, 9.17) is 9.84 Å². The molecule has 0 radical (unpaired) electrons. The number of hydrogen-bond donors (Lipinski definition) is 1. The van der Waals surface area contributed by atoms with Crippen LogP contribution in [0.3, 0.4) is 0 Å². The number of carboxylic acids is 1. The molecule has 16 heavy (non-hydrogen) atoms. The lowest BCUT2D eigenvalue weighted by Crippen LogP contribution is -2.33. The van der Waals surface area contributed by atoms with Gasteiger partial charge in [0, 0.05) is 19.7 Å². The number of carboxylic acid groups (broad SMARTS) is 1. The summed E-state index contributed by atoms with van der Waals surface area (Å²) in [5, 5.41) is 8.93. The zero-order valence-electron chi connectivity index (χ0n) is 9.81.